The van der Waals surface area contributed by atoms with E-state index in [0.717, 1.165) is 13.1 Å². The Kier molecular flexibility index (Phi) is 5.48. The molecule has 0 bridgehead atoms. The molecule has 0 aromatic rings. The van der Waals surface area contributed by atoms with Gasteiger partial charge < -0.3 is 9.84 Å². The van der Waals surface area contributed by atoms with Crippen LogP contribution in [-0.4, -0.2) is 70.2 Å². The van der Waals surface area contributed by atoms with Gasteiger partial charge in [0.2, 0.25) is 0 Å². The summed E-state index contributed by atoms with van der Waals surface area (Å²) in [4.78, 5) is 2.02. The second-order valence-electron chi connectivity index (χ2n) is 3.26. The minimum absolute atomic E-state index is 0.0347. The average Bonchev–Trinajstić information content (AvgIpc) is 2.25. The van der Waals surface area contributed by atoms with Gasteiger partial charge in [0.05, 0.1) is 32.2 Å². The molecule has 15 heavy (non-hydrogen) atoms. The lowest BCUT2D eigenvalue weighted by Gasteiger charge is -2.26. The van der Waals surface area contributed by atoms with Crippen LogP contribution in [0.3, 0.4) is 0 Å². The molecule has 0 saturated carbocycles. The van der Waals surface area contributed by atoms with E-state index >= 15 is 0 Å². The van der Waals surface area contributed by atoms with Crippen molar-refractivity contribution in [1.82, 2.24) is 4.90 Å². The largest absolute Gasteiger partial charge is 0.394 e. The molecule has 0 unspecified atom stereocenters. The van der Waals surface area contributed by atoms with E-state index in [4.69, 9.17) is 9.84 Å². The molecule has 1 aliphatic heterocycles. The summed E-state index contributed by atoms with van der Waals surface area (Å²) in [5.74, 6) is -0.0347. The predicted molar refractivity (Wildman–Crippen MR) is 54.1 cm³/mol. The van der Waals surface area contributed by atoms with E-state index in [0.29, 0.717) is 19.8 Å². The maximum atomic E-state index is 11.2. The van der Waals surface area contributed by atoms with Gasteiger partial charge in [-0.2, -0.15) is 8.42 Å². The summed E-state index contributed by atoms with van der Waals surface area (Å²) in [7, 11) is -3.49. The summed E-state index contributed by atoms with van der Waals surface area (Å²) in [5.41, 5.74) is 0. The van der Waals surface area contributed by atoms with Gasteiger partial charge in [-0.15, -0.1) is 0 Å². The summed E-state index contributed by atoms with van der Waals surface area (Å²) in [6.45, 7) is 2.83. The molecule has 1 rings (SSSR count). The highest BCUT2D eigenvalue weighted by Gasteiger charge is 2.16. The van der Waals surface area contributed by atoms with Gasteiger partial charge in [-0.05, 0) is 0 Å². The van der Waals surface area contributed by atoms with E-state index in [1.165, 1.54) is 0 Å². The Morgan fingerprint density at radius 1 is 1.33 bits per heavy atom. The molecule has 0 radical (unpaired) electrons. The fraction of sp³-hybridized carbons (Fsp3) is 1.00. The first kappa shape index (κ1) is 12.9. The molecule has 1 N–H and O–H groups in total. The molecular weight excluding hydrogens is 222 g/mol. The number of aliphatic hydroxyl groups is 1. The molecule has 6 nitrogen and oxygen atoms in total. The van der Waals surface area contributed by atoms with Gasteiger partial charge in [-0.3, -0.25) is 9.08 Å². The Bertz CT molecular complexity index is 260. The molecule has 0 aliphatic carbocycles. The monoisotopic (exact) mass is 239 g/mol. The highest BCUT2D eigenvalue weighted by atomic mass is 32.2. The lowest BCUT2D eigenvalue weighted by atomic mass is 10.4. The number of hydrogen-bond acceptors (Lipinski definition) is 6. The van der Waals surface area contributed by atoms with Crippen LogP contribution < -0.4 is 0 Å². The van der Waals surface area contributed by atoms with Gasteiger partial charge in [0.25, 0.3) is 10.1 Å². The van der Waals surface area contributed by atoms with Crippen LogP contribution in [0.15, 0.2) is 0 Å². The van der Waals surface area contributed by atoms with Gasteiger partial charge in [-0.1, -0.05) is 0 Å². The van der Waals surface area contributed by atoms with Gasteiger partial charge >= 0.3 is 0 Å². The number of aliphatic hydroxyl groups excluding tert-OH is 1. The zero-order chi connectivity index (χ0) is 11.1. The number of hydrogen-bond donors (Lipinski definition) is 1. The first-order valence-corrected chi connectivity index (χ1v) is 6.50. The van der Waals surface area contributed by atoms with Gasteiger partial charge in [0, 0.05) is 19.6 Å². The molecule has 90 valence electrons. The molecular formula is C8H17NO5S. The zero-order valence-corrected chi connectivity index (χ0v) is 9.41. The summed E-state index contributed by atoms with van der Waals surface area (Å²) >= 11 is 0. The van der Waals surface area contributed by atoms with Gasteiger partial charge in [0.15, 0.2) is 0 Å². The smallest absolute Gasteiger partial charge is 0.268 e. The van der Waals surface area contributed by atoms with Crippen LogP contribution in [0.1, 0.15) is 0 Å². The summed E-state index contributed by atoms with van der Waals surface area (Å²) in [6.07, 6.45) is 0. The third kappa shape index (κ3) is 5.43. The van der Waals surface area contributed by atoms with Crippen LogP contribution in [0.25, 0.3) is 0 Å². The van der Waals surface area contributed by atoms with Crippen LogP contribution in [-0.2, 0) is 19.0 Å². The fourth-order valence-corrected chi connectivity index (χ4v) is 2.22. The standard InChI is InChI=1S/C8H17NO5S/c10-4-7-14-15(11,12)8-3-9-1-5-13-6-2-9/h10H,1-8H2. The van der Waals surface area contributed by atoms with Crippen molar-refractivity contribution in [3.8, 4) is 0 Å². The minimum atomic E-state index is -3.49. The van der Waals surface area contributed by atoms with Crippen molar-refractivity contribution in [2.45, 2.75) is 0 Å². The van der Waals surface area contributed by atoms with E-state index < -0.39 is 10.1 Å². The molecule has 1 saturated heterocycles. The van der Waals surface area contributed by atoms with Crippen LogP contribution >= 0.6 is 0 Å². The van der Waals surface area contributed by atoms with E-state index in [-0.39, 0.29) is 19.0 Å². The highest BCUT2D eigenvalue weighted by molar-refractivity contribution is 7.86. The maximum Gasteiger partial charge on any atom is 0.268 e. The molecule has 0 aromatic carbocycles. The third-order valence-corrected chi connectivity index (χ3v) is 3.32. The van der Waals surface area contributed by atoms with E-state index in [9.17, 15) is 8.42 Å². The second-order valence-corrected chi connectivity index (χ2v) is 5.02. The Hall–Kier alpha value is -0.210. The highest BCUT2D eigenvalue weighted by Crippen LogP contribution is 1.99. The van der Waals surface area contributed by atoms with Crippen molar-refractivity contribution in [2.24, 2.45) is 0 Å². The first-order chi connectivity index (χ1) is 7.14. The predicted octanol–water partition coefficient (Wildman–Crippen LogP) is -1.34. The molecule has 1 aliphatic rings. The van der Waals surface area contributed by atoms with Gasteiger partial charge in [0.1, 0.15) is 0 Å². The lowest BCUT2D eigenvalue weighted by Crippen LogP contribution is -2.39. The molecule has 0 atom stereocenters. The lowest BCUT2D eigenvalue weighted by molar-refractivity contribution is 0.0405. The van der Waals surface area contributed by atoms with Crippen molar-refractivity contribution >= 4 is 10.1 Å². The number of morpholine rings is 1. The van der Waals surface area contributed by atoms with Gasteiger partial charge in [-0.25, -0.2) is 0 Å². The topological polar surface area (TPSA) is 76.1 Å². The number of ether oxygens (including phenoxy) is 1. The molecule has 0 aromatic heterocycles. The van der Waals surface area contributed by atoms with Crippen LogP contribution in [0.4, 0.5) is 0 Å². The molecule has 0 spiro atoms. The van der Waals surface area contributed by atoms with Crippen molar-refractivity contribution < 1.29 is 22.4 Å². The van der Waals surface area contributed by atoms with Crippen LogP contribution in [0, 0.1) is 0 Å². The van der Waals surface area contributed by atoms with Crippen LogP contribution in [0.5, 0.6) is 0 Å². The second kappa shape index (κ2) is 6.39. The van der Waals surface area contributed by atoms with Crippen LogP contribution in [0.2, 0.25) is 0 Å². The maximum absolute atomic E-state index is 11.2. The minimum Gasteiger partial charge on any atom is -0.394 e. The molecule has 1 fully saturated rings. The SMILES string of the molecule is O=S(=O)(CCN1CCOCC1)OCCO. The Morgan fingerprint density at radius 3 is 2.60 bits per heavy atom. The van der Waals surface area contributed by atoms with E-state index in [1.807, 2.05) is 4.90 Å². The normalized spacial score (nSPS) is 19.3. The quantitative estimate of drug-likeness (QED) is 0.578. The summed E-state index contributed by atoms with van der Waals surface area (Å²) in [6, 6.07) is 0. The van der Waals surface area contributed by atoms with Crippen molar-refractivity contribution in [2.75, 3.05) is 51.8 Å². The molecule has 7 heteroatoms. The van der Waals surface area contributed by atoms with E-state index in [1.54, 1.807) is 0 Å². The Labute approximate surface area is 89.9 Å². The van der Waals surface area contributed by atoms with Crippen molar-refractivity contribution in [3.63, 3.8) is 0 Å². The molecule has 1 heterocycles. The van der Waals surface area contributed by atoms with Crippen molar-refractivity contribution in [1.29, 1.82) is 0 Å². The Morgan fingerprint density at radius 2 is 2.00 bits per heavy atom. The third-order valence-electron chi connectivity index (χ3n) is 2.12. The average molecular weight is 239 g/mol. The fourth-order valence-electron chi connectivity index (χ4n) is 1.29. The number of nitrogens with zero attached hydrogens (tertiary/aromatic N) is 1. The van der Waals surface area contributed by atoms with Crippen molar-refractivity contribution in [3.05, 3.63) is 0 Å². The number of rotatable bonds is 6. The Balaban J connectivity index is 2.22. The zero-order valence-electron chi connectivity index (χ0n) is 8.59. The summed E-state index contributed by atoms with van der Waals surface area (Å²) in [5, 5.41) is 8.43. The van der Waals surface area contributed by atoms with E-state index in [2.05, 4.69) is 4.18 Å². The first-order valence-electron chi connectivity index (χ1n) is 4.92. The molecule has 0 amide bonds. The summed E-state index contributed by atoms with van der Waals surface area (Å²) < 4.78 is 32.2.